The van der Waals surface area contributed by atoms with Gasteiger partial charge in [-0.25, -0.2) is 0 Å². The minimum absolute atomic E-state index is 0. The Balaban J connectivity index is 0.00000604. The second-order valence-electron chi connectivity index (χ2n) is 19.4. The zero-order valence-corrected chi connectivity index (χ0v) is 39.6. The molecule has 0 amide bonds. The predicted octanol–water partition coefficient (Wildman–Crippen LogP) is 15.0. The number of nitrogens with zero attached hydrogens (tertiary/aromatic N) is 2. The fraction of sp³-hybridized carbons (Fsp3) is 0.286. The number of aromatic hydroxyl groups is 1. The normalized spacial score (nSPS) is 12.5. The van der Waals surface area contributed by atoms with Crippen molar-refractivity contribution >= 4 is 0 Å². The summed E-state index contributed by atoms with van der Waals surface area (Å²) in [5, 5.41) is 12.1. The van der Waals surface area contributed by atoms with Crippen LogP contribution in [-0.2, 0) is 37.3 Å². The van der Waals surface area contributed by atoms with Crippen molar-refractivity contribution < 1.29 is 26.2 Å². The van der Waals surface area contributed by atoms with Crippen LogP contribution in [0.5, 0.6) is 5.75 Å². The number of phenols is 1. The maximum absolute atomic E-state index is 12.1. The molecule has 310 valence electrons. The van der Waals surface area contributed by atoms with Crippen LogP contribution in [0.3, 0.4) is 0 Å². The smallest absolute Gasteiger partial charge is 0.128 e. The van der Waals surface area contributed by atoms with Crippen molar-refractivity contribution in [2.45, 2.75) is 105 Å². The maximum atomic E-state index is 12.1. The maximum Gasteiger partial charge on any atom is 0.128 e. The van der Waals surface area contributed by atoms with E-state index in [2.05, 4.69) is 210 Å². The van der Waals surface area contributed by atoms with E-state index in [0.717, 1.165) is 61.6 Å². The summed E-state index contributed by atoms with van der Waals surface area (Å²) >= 11 is 0. The van der Waals surface area contributed by atoms with Gasteiger partial charge in [-0.2, -0.15) is 0 Å². The Hall–Kier alpha value is -5.11. The third-order valence-electron chi connectivity index (χ3n) is 11.7. The van der Waals surface area contributed by atoms with Crippen LogP contribution >= 0.6 is 0 Å². The van der Waals surface area contributed by atoms with E-state index in [0.29, 0.717) is 0 Å². The van der Waals surface area contributed by atoms with Crippen LogP contribution in [0.4, 0.5) is 0 Å². The summed E-state index contributed by atoms with van der Waals surface area (Å²) in [6, 6.07) is 47.2. The van der Waals surface area contributed by atoms with Crippen LogP contribution in [0.25, 0.3) is 56.0 Å². The Kier molecular flexibility index (Phi) is 12.7. The summed E-state index contributed by atoms with van der Waals surface area (Å²) in [4.78, 5) is 10.3. The van der Waals surface area contributed by atoms with Gasteiger partial charge in [0, 0.05) is 55.7 Å². The van der Waals surface area contributed by atoms with Crippen molar-refractivity contribution in [2.75, 3.05) is 0 Å². The first-order valence-corrected chi connectivity index (χ1v) is 20.9. The summed E-state index contributed by atoms with van der Waals surface area (Å²) < 4.78 is 0. The van der Waals surface area contributed by atoms with Crippen LogP contribution in [0.2, 0.25) is 0 Å². The molecule has 0 radical (unpaired) electrons. The van der Waals surface area contributed by atoms with Gasteiger partial charge >= 0.3 is 0 Å². The predicted molar refractivity (Wildman–Crippen MR) is 249 cm³/mol. The molecule has 2 aromatic heterocycles. The standard InChI is InChI=1S/C56H59N2O.Pt/c1-35-17-16-18-36(2)52(35)41-25-26-57-49(30-41)43-27-44(29-45(28-43)54(4,5)6)50-31-42(40-23-21-39(22-24-40)37(3)38-19-14-13-15-20-38)32-51(58-50)47-33-46(55(7,8)9)34-48(53(47)59)56(10,11)12;/h13-26,28-34,37,59H,1-12H3;/q-1;. The van der Waals surface area contributed by atoms with Gasteiger partial charge in [0.25, 0.3) is 0 Å². The van der Waals surface area contributed by atoms with Gasteiger partial charge < -0.3 is 5.11 Å². The molecule has 7 aromatic rings. The molecule has 0 saturated heterocycles. The van der Waals surface area contributed by atoms with Crippen molar-refractivity contribution in [2.24, 2.45) is 0 Å². The molecule has 0 fully saturated rings. The summed E-state index contributed by atoms with van der Waals surface area (Å²) in [5.41, 5.74) is 17.0. The molecule has 1 atom stereocenters. The van der Waals surface area contributed by atoms with Crippen LogP contribution in [0, 0.1) is 19.9 Å². The van der Waals surface area contributed by atoms with Crippen LogP contribution < -0.4 is 0 Å². The van der Waals surface area contributed by atoms with Gasteiger partial charge in [0.15, 0.2) is 0 Å². The zero-order valence-electron chi connectivity index (χ0n) is 37.4. The molecule has 1 N–H and O–H groups in total. The van der Waals surface area contributed by atoms with Crippen LogP contribution in [0.1, 0.15) is 114 Å². The Morgan fingerprint density at radius 3 is 1.68 bits per heavy atom. The van der Waals surface area contributed by atoms with Gasteiger partial charge in [-0.05, 0) is 98.4 Å². The molecule has 0 aliphatic heterocycles. The monoisotopic (exact) mass is 970 g/mol. The van der Waals surface area contributed by atoms with Gasteiger partial charge in [-0.3, -0.25) is 9.97 Å². The molecule has 2 heterocycles. The fourth-order valence-corrected chi connectivity index (χ4v) is 7.99. The van der Waals surface area contributed by atoms with E-state index in [-0.39, 0.29) is 49.0 Å². The summed E-state index contributed by atoms with van der Waals surface area (Å²) in [7, 11) is 0. The van der Waals surface area contributed by atoms with Crippen molar-refractivity contribution in [1.82, 2.24) is 9.97 Å². The summed E-state index contributed by atoms with van der Waals surface area (Å²) in [6.45, 7) is 26.5. The third-order valence-corrected chi connectivity index (χ3v) is 11.7. The topological polar surface area (TPSA) is 46.0 Å². The number of phenolic OH excluding ortho intramolecular Hbond substituents is 1. The first kappa shape index (κ1) is 44.4. The molecule has 0 bridgehead atoms. The fourth-order valence-electron chi connectivity index (χ4n) is 7.99. The Morgan fingerprint density at radius 2 is 1.08 bits per heavy atom. The molecule has 4 heteroatoms. The van der Waals surface area contributed by atoms with E-state index >= 15 is 0 Å². The van der Waals surface area contributed by atoms with Crippen molar-refractivity contribution in [3.05, 3.63) is 173 Å². The van der Waals surface area contributed by atoms with Crippen molar-refractivity contribution in [3.8, 4) is 61.8 Å². The zero-order chi connectivity index (χ0) is 42.4. The van der Waals surface area contributed by atoms with Crippen molar-refractivity contribution in [1.29, 1.82) is 0 Å². The number of benzene rings is 5. The Labute approximate surface area is 373 Å². The number of hydrogen-bond donors (Lipinski definition) is 1. The van der Waals surface area contributed by atoms with E-state index < -0.39 is 0 Å². The molecule has 1 unspecified atom stereocenters. The van der Waals surface area contributed by atoms with Gasteiger partial charge in [-0.1, -0.05) is 171 Å². The minimum Gasteiger partial charge on any atom is -0.507 e. The SMILES string of the molecule is Cc1cccc(C)c1-c1ccnc(-c2[c-]c(-c3cc(-c4ccc(C(C)c5ccccc5)cc4)cc(-c4cc(C(C)(C)C)cc(C(C)(C)C)c4O)n3)cc(C(C)(C)C)c2)c1.[Pt]. The second kappa shape index (κ2) is 17.1. The molecule has 0 saturated carbocycles. The molecular formula is C56H59N2OPt-. The molecular weight excluding hydrogens is 912 g/mol. The minimum atomic E-state index is -0.284. The van der Waals surface area contributed by atoms with Crippen molar-refractivity contribution in [3.63, 3.8) is 0 Å². The summed E-state index contributed by atoms with van der Waals surface area (Å²) in [6.07, 6.45) is 1.91. The molecule has 7 rings (SSSR count). The Bertz CT molecular complexity index is 2620. The Morgan fingerprint density at radius 1 is 0.533 bits per heavy atom. The molecule has 3 nitrogen and oxygen atoms in total. The molecule has 60 heavy (non-hydrogen) atoms. The number of hydrogen-bond acceptors (Lipinski definition) is 3. The quantitative estimate of drug-likeness (QED) is 0.162. The number of rotatable bonds is 7. The van der Waals surface area contributed by atoms with E-state index in [1.54, 1.807) is 0 Å². The number of aryl methyl sites for hydroxylation is 2. The van der Waals surface area contributed by atoms with E-state index in [1.165, 1.54) is 33.4 Å². The summed E-state index contributed by atoms with van der Waals surface area (Å²) in [5.74, 6) is 0.533. The third kappa shape index (κ3) is 9.43. The van der Waals surface area contributed by atoms with E-state index in [1.807, 2.05) is 6.20 Å². The van der Waals surface area contributed by atoms with E-state index in [9.17, 15) is 5.11 Å². The second-order valence-corrected chi connectivity index (χ2v) is 19.4. The van der Waals surface area contributed by atoms with E-state index in [4.69, 9.17) is 9.97 Å². The number of pyridine rings is 2. The van der Waals surface area contributed by atoms with Crippen LogP contribution in [0.15, 0.2) is 128 Å². The van der Waals surface area contributed by atoms with Gasteiger partial charge in [0.2, 0.25) is 0 Å². The molecule has 0 spiro atoms. The molecule has 0 aliphatic rings. The number of aromatic nitrogens is 2. The van der Waals surface area contributed by atoms with Gasteiger partial charge in [0.05, 0.1) is 5.69 Å². The van der Waals surface area contributed by atoms with Gasteiger partial charge in [-0.15, -0.1) is 23.8 Å². The first-order chi connectivity index (χ1) is 27.8. The average molecular weight is 971 g/mol. The molecule has 0 aliphatic carbocycles. The van der Waals surface area contributed by atoms with Gasteiger partial charge in [0.1, 0.15) is 5.75 Å². The van der Waals surface area contributed by atoms with Crippen LogP contribution in [-0.4, -0.2) is 15.1 Å². The average Bonchev–Trinajstić information content (AvgIpc) is 3.19. The first-order valence-electron chi connectivity index (χ1n) is 20.9. The largest absolute Gasteiger partial charge is 0.507 e. The molecule has 5 aromatic carbocycles.